The van der Waals surface area contributed by atoms with Gasteiger partial charge in [0.15, 0.2) is 0 Å². The largest absolute Gasteiger partial charge is 0.342 e. The fourth-order valence-electron chi connectivity index (χ4n) is 3.90. The molecule has 136 valence electrons. The molecule has 2 unspecified atom stereocenters. The highest BCUT2D eigenvalue weighted by Gasteiger charge is 2.33. The third-order valence-corrected chi connectivity index (χ3v) is 5.42. The van der Waals surface area contributed by atoms with Gasteiger partial charge in [0, 0.05) is 25.5 Å². The van der Waals surface area contributed by atoms with Gasteiger partial charge in [-0.15, -0.1) is 0 Å². The first-order valence-corrected chi connectivity index (χ1v) is 9.65. The van der Waals surface area contributed by atoms with Crippen LogP contribution < -0.4 is 5.32 Å². The van der Waals surface area contributed by atoms with Crippen LogP contribution in [0.3, 0.4) is 0 Å². The Kier molecular flexibility index (Phi) is 5.25. The summed E-state index contributed by atoms with van der Waals surface area (Å²) in [6, 6.07) is 11.3. The number of nitrogens with one attached hydrogen (secondary N) is 1. The number of pyridine rings is 2. The van der Waals surface area contributed by atoms with Crippen LogP contribution in [0.2, 0.25) is 0 Å². The van der Waals surface area contributed by atoms with E-state index in [4.69, 9.17) is 0 Å². The molecule has 0 radical (unpaired) electrons. The van der Waals surface area contributed by atoms with Crippen molar-refractivity contribution in [2.75, 3.05) is 19.6 Å². The highest BCUT2D eigenvalue weighted by molar-refractivity contribution is 5.92. The van der Waals surface area contributed by atoms with E-state index in [-0.39, 0.29) is 11.9 Å². The Morgan fingerprint density at radius 3 is 2.62 bits per heavy atom. The molecule has 1 saturated heterocycles. The van der Waals surface area contributed by atoms with Gasteiger partial charge < -0.3 is 10.2 Å². The van der Waals surface area contributed by atoms with Gasteiger partial charge >= 0.3 is 0 Å². The lowest BCUT2D eigenvalue weighted by Gasteiger charge is -2.37. The molecule has 4 rings (SSSR count). The fraction of sp³-hybridized carbons (Fsp3) is 0.476. The van der Waals surface area contributed by atoms with Crippen LogP contribution in [0.25, 0.3) is 0 Å². The standard InChI is InChI=1S/C21H26N4O/c26-21(19-8-2-4-12-23-19)24-20(18-7-1-3-11-22-18)17-6-5-13-25(15-17)14-16-9-10-16/h1-4,7-8,11-12,16-17,20H,5-6,9-10,13-15H2,(H,24,26). The number of hydrogen-bond acceptors (Lipinski definition) is 4. The predicted molar refractivity (Wildman–Crippen MR) is 101 cm³/mol. The third-order valence-electron chi connectivity index (χ3n) is 5.42. The molecule has 0 bridgehead atoms. The van der Waals surface area contributed by atoms with E-state index in [0.29, 0.717) is 11.6 Å². The molecule has 2 aromatic heterocycles. The second-order valence-electron chi connectivity index (χ2n) is 7.53. The quantitative estimate of drug-likeness (QED) is 0.870. The maximum absolute atomic E-state index is 12.7. The molecule has 1 aliphatic heterocycles. The van der Waals surface area contributed by atoms with Gasteiger partial charge in [-0.3, -0.25) is 14.8 Å². The van der Waals surface area contributed by atoms with Gasteiger partial charge in [0.1, 0.15) is 5.69 Å². The molecule has 5 nitrogen and oxygen atoms in total. The number of likely N-dealkylation sites (tertiary alicyclic amines) is 1. The van der Waals surface area contributed by atoms with Crippen LogP contribution in [0, 0.1) is 11.8 Å². The summed E-state index contributed by atoms with van der Waals surface area (Å²) in [5, 5.41) is 3.22. The second-order valence-corrected chi connectivity index (χ2v) is 7.53. The minimum atomic E-state index is -0.124. The molecule has 1 aliphatic carbocycles. The first-order chi connectivity index (χ1) is 12.8. The first kappa shape index (κ1) is 17.2. The molecule has 2 atom stereocenters. The number of carbonyl (C=O) groups is 1. The average molecular weight is 350 g/mol. The van der Waals surface area contributed by atoms with Crippen molar-refractivity contribution in [1.82, 2.24) is 20.2 Å². The van der Waals surface area contributed by atoms with Crippen LogP contribution >= 0.6 is 0 Å². The van der Waals surface area contributed by atoms with Crippen LogP contribution in [0.1, 0.15) is 47.9 Å². The summed E-state index contributed by atoms with van der Waals surface area (Å²) < 4.78 is 0. The van der Waals surface area contributed by atoms with Crippen molar-refractivity contribution in [2.45, 2.75) is 31.7 Å². The summed E-state index contributed by atoms with van der Waals surface area (Å²) in [5.41, 5.74) is 1.40. The van der Waals surface area contributed by atoms with Crippen LogP contribution in [0.5, 0.6) is 0 Å². The summed E-state index contributed by atoms with van der Waals surface area (Å²) in [7, 11) is 0. The molecule has 0 aromatic carbocycles. The van der Waals surface area contributed by atoms with E-state index in [0.717, 1.165) is 24.6 Å². The van der Waals surface area contributed by atoms with Crippen LogP contribution in [0.4, 0.5) is 0 Å². The summed E-state index contributed by atoms with van der Waals surface area (Å²) in [5.74, 6) is 1.15. The van der Waals surface area contributed by atoms with E-state index < -0.39 is 0 Å². The Labute approximate surface area is 154 Å². The van der Waals surface area contributed by atoms with Crippen molar-refractivity contribution in [1.29, 1.82) is 0 Å². The molecule has 3 heterocycles. The molecule has 5 heteroatoms. The van der Waals surface area contributed by atoms with E-state index in [1.165, 1.54) is 32.4 Å². The zero-order chi connectivity index (χ0) is 17.8. The van der Waals surface area contributed by atoms with Gasteiger partial charge in [0.25, 0.3) is 5.91 Å². The van der Waals surface area contributed by atoms with E-state index in [9.17, 15) is 4.79 Å². The van der Waals surface area contributed by atoms with E-state index in [2.05, 4.69) is 20.2 Å². The van der Waals surface area contributed by atoms with Crippen LogP contribution in [-0.2, 0) is 0 Å². The number of rotatable bonds is 6. The molecular formula is C21H26N4O. The molecule has 2 aromatic rings. The minimum Gasteiger partial charge on any atom is -0.342 e. The maximum atomic E-state index is 12.7. The van der Waals surface area contributed by atoms with Gasteiger partial charge in [-0.25, -0.2) is 0 Å². The number of hydrogen-bond donors (Lipinski definition) is 1. The van der Waals surface area contributed by atoms with Crippen molar-refractivity contribution in [3.8, 4) is 0 Å². The van der Waals surface area contributed by atoms with Crippen molar-refractivity contribution in [3.63, 3.8) is 0 Å². The lowest BCUT2D eigenvalue weighted by Crippen LogP contribution is -2.44. The second kappa shape index (κ2) is 7.96. The predicted octanol–water partition coefficient (Wildman–Crippen LogP) is 3.07. The van der Waals surface area contributed by atoms with Crippen molar-refractivity contribution < 1.29 is 4.79 Å². The minimum absolute atomic E-state index is 0.0762. The summed E-state index contributed by atoms with van der Waals surface area (Å²) in [6.07, 6.45) is 8.51. The monoisotopic (exact) mass is 350 g/mol. The number of piperidine rings is 1. The topological polar surface area (TPSA) is 58.1 Å². The van der Waals surface area contributed by atoms with Crippen molar-refractivity contribution >= 4 is 5.91 Å². The van der Waals surface area contributed by atoms with Crippen LogP contribution in [-0.4, -0.2) is 40.4 Å². The Hall–Kier alpha value is -2.27. The summed E-state index contributed by atoms with van der Waals surface area (Å²) in [6.45, 7) is 3.41. The first-order valence-electron chi connectivity index (χ1n) is 9.65. The fourth-order valence-corrected chi connectivity index (χ4v) is 3.90. The van der Waals surface area contributed by atoms with Gasteiger partial charge in [-0.1, -0.05) is 12.1 Å². The Bertz CT molecular complexity index is 717. The molecule has 26 heavy (non-hydrogen) atoms. The van der Waals surface area contributed by atoms with Gasteiger partial charge in [-0.05, 0) is 68.3 Å². The van der Waals surface area contributed by atoms with Gasteiger partial charge in [0.2, 0.25) is 0 Å². The average Bonchev–Trinajstić information content (AvgIpc) is 3.51. The van der Waals surface area contributed by atoms with Gasteiger partial charge in [-0.2, -0.15) is 0 Å². The lowest BCUT2D eigenvalue weighted by atomic mass is 9.88. The van der Waals surface area contributed by atoms with E-state index in [1.54, 1.807) is 18.5 Å². The smallest absolute Gasteiger partial charge is 0.270 e. The number of carbonyl (C=O) groups excluding carboxylic acids is 1. The lowest BCUT2D eigenvalue weighted by molar-refractivity contribution is 0.0872. The highest BCUT2D eigenvalue weighted by Crippen LogP contribution is 2.34. The van der Waals surface area contributed by atoms with E-state index >= 15 is 0 Å². The van der Waals surface area contributed by atoms with E-state index in [1.807, 2.05) is 30.3 Å². The zero-order valence-electron chi connectivity index (χ0n) is 15.1. The van der Waals surface area contributed by atoms with Crippen molar-refractivity contribution in [2.24, 2.45) is 11.8 Å². The van der Waals surface area contributed by atoms with Gasteiger partial charge in [0.05, 0.1) is 11.7 Å². The molecule has 2 aliphatic rings. The SMILES string of the molecule is O=C(NC(c1ccccn1)C1CCCN(CC2CC2)C1)c1ccccn1. The maximum Gasteiger partial charge on any atom is 0.270 e. The third kappa shape index (κ3) is 4.28. The number of nitrogens with zero attached hydrogens (tertiary/aromatic N) is 3. The number of aromatic nitrogens is 2. The molecule has 1 amide bonds. The summed E-state index contributed by atoms with van der Waals surface area (Å²) in [4.78, 5) is 24.0. The molecule has 0 spiro atoms. The highest BCUT2D eigenvalue weighted by atomic mass is 16.1. The zero-order valence-corrected chi connectivity index (χ0v) is 15.1. The molecule has 2 fully saturated rings. The molecule has 1 saturated carbocycles. The van der Waals surface area contributed by atoms with Crippen molar-refractivity contribution in [3.05, 3.63) is 60.2 Å². The Morgan fingerprint density at radius 1 is 1.12 bits per heavy atom. The molecule has 1 N–H and O–H groups in total. The van der Waals surface area contributed by atoms with Crippen LogP contribution in [0.15, 0.2) is 48.8 Å². The molecular weight excluding hydrogens is 324 g/mol. The summed E-state index contributed by atoms with van der Waals surface area (Å²) >= 11 is 0. The Balaban J connectivity index is 1.51. The number of amides is 1. The Morgan fingerprint density at radius 2 is 1.92 bits per heavy atom. The normalized spacial score (nSPS) is 21.9.